The number of H-pyrrole nitrogens is 1. The second-order valence-electron chi connectivity index (χ2n) is 4.68. The Morgan fingerprint density at radius 2 is 2.00 bits per heavy atom. The van der Waals surface area contributed by atoms with Gasteiger partial charge in [-0.25, -0.2) is 0 Å². The van der Waals surface area contributed by atoms with Crippen molar-refractivity contribution >= 4 is 0 Å². The van der Waals surface area contributed by atoms with Crippen LogP contribution in [0.3, 0.4) is 0 Å². The Bertz CT molecular complexity index is 483. The van der Waals surface area contributed by atoms with Crippen molar-refractivity contribution in [1.82, 2.24) is 10.2 Å². The molecule has 1 aromatic carbocycles. The first kappa shape index (κ1) is 9.60. The third-order valence-electron chi connectivity index (χ3n) is 3.22. The highest BCUT2D eigenvalue weighted by Gasteiger charge is 2.38. The zero-order valence-electron chi connectivity index (χ0n) is 9.11. The molecule has 3 nitrogen and oxygen atoms in total. The summed E-state index contributed by atoms with van der Waals surface area (Å²) in [7, 11) is 0. The van der Waals surface area contributed by atoms with E-state index >= 15 is 0 Å². The molecule has 0 unspecified atom stereocenters. The van der Waals surface area contributed by atoms with E-state index in [1.165, 1.54) is 11.1 Å². The monoisotopic (exact) mass is 213 g/mol. The average molecular weight is 213 g/mol. The van der Waals surface area contributed by atoms with E-state index in [2.05, 4.69) is 22.3 Å². The summed E-state index contributed by atoms with van der Waals surface area (Å²) in [4.78, 5) is 0. The molecule has 0 spiro atoms. The van der Waals surface area contributed by atoms with Crippen LogP contribution in [0.15, 0.2) is 36.5 Å². The first-order valence-corrected chi connectivity index (χ1v) is 5.63. The van der Waals surface area contributed by atoms with Gasteiger partial charge in [-0.3, -0.25) is 5.10 Å². The van der Waals surface area contributed by atoms with Crippen LogP contribution >= 0.6 is 0 Å². The van der Waals surface area contributed by atoms with Gasteiger partial charge in [-0.1, -0.05) is 30.3 Å². The van der Waals surface area contributed by atoms with Gasteiger partial charge in [0.25, 0.3) is 0 Å². The number of hydrogen-bond acceptors (Lipinski definition) is 2. The van der Waals surface area contributed by atoms with Crippen molar-refractivity contribution < 1.29 is 0 Å². The molecule has 1 fully saturated rings. The highest BCUT2D eigenvalue weighted by atomic mass is 15.1. The van der Waals surface area contributed by atoms with E-state index in [1.807, 2.05) is 24.4 Å². The maximum atomic E-state index is 6.14. The molecule has 0 radical (unpaired) electrons. The Morgan fingerprint density at radius 1 is 1.25 bits per heavy atom. The van der Waals surface area contributed by atoms with Gasteiger partial charge in [0.05, 0.1) is 11.9 Å². The zero-order chi connectivity index (χ0) is 11.0. The number of benzene rings is 1. The van der Waals surface area contributed by atoms with Crippen molar-refractivity contribution in [1.29, 1.82) is 0 Å². The summed E-state index contributed by atoms with van der Waals surface area (Å²) in [6, 6.07) is 10.3. The first-order valence-electron chi connectivity index (χ1n) is 5.63. The molecule has 1 aromatic heterocycles. The normalized spacial score (nSPS) is 17.3. The molecule has 3 N–H and O–H groups in total. The summed E-state index contributed by atoms with van der Waals surface area (Å²) in [5, 5.41) is 7.20. The van der Waals surface area contributed by atoms with Gasteiger partial charge in [0.2, 0.25) is 0 Å². The third kappa shape index (κ3) is 1.74. The van der Waals surface area contributed by atoms with Gasteiger partial charge in [-0.05, 0) is 30.4 Å². The largest absolute Gasteiger partial charge is 0.325 e. The highest BCUT2D eigenvalue weighted by molar-refractivity contribution is 5.62. The minimum atomic E-state index is 0.0351. The second-order valence-corrected chi connectivity index (χ2v) is 4.68. The molecular formula is C13H15N3. The lowest BCUT2D eigenvalue weighted by molar-refractivity contribution is 0.673. The van der Waals surface area contributed by atoms with E-state index in [0.717, 1.165) is 25.0 Å². The smallest absolute Gasteiger partial charge is 0.0682 e. The fourth-order valence-electron chi connectivity index (χ4n) is 2.02. The van der Waals surface area contributed by atoms with Crippen molar-refractivity contribution in [2.24, 2.45) is 5.73 Å². The summed E-state index contributed by atoms with van der Waals surface area (Å²) in [6.07, 6.45) is 5.09. The van der Waals surface area contributed by atoms with Gasteiger partial charge in [0, 0.05) is 5.54 Å². The average Bonchev–Trinajstić information content (AvgIpc) is 2.86. The van der Waals surface area contributed by atoms with Crippen LogP contribution in [0.1, 0.15) is 18.4 Å². The molecule has 0 saturated heterocycles. The molecule has 2 aromatic rings. The Hall–Kier alpha value is -1.61. The van der Waals surface area contributed by atoms with Crippen molar-refractivity contribution in [3.63, 3.8) is 0 Å². The topological polar surface area (TPSA) is 54.7 Å². The van der Waals surface area contributed by atoms with Gasteiger partial charge in [0.15, 0.2) is 0 Å². The lowest BCUT2D eigenvalue weighted by atomic mass is 10.0. The zero-order valence-corrected chi connectivity index (χ0v) is 9.11. The van der Waals surface area contributed by atoms with Gasteiger partial charge in [-0.15, -0.1) is 0 Å². The summed E-state index contributed by atoms with van der Waals surface area (Å²) < 4.78 is 0. The molecule has 16 heavy (non-hydrogen) atoms. The van der Waals surface area contributed by atoms with Crippen molar-refractivity contribution in [2.45, 2.75) is 24.8 Å². The number of hydrogen-bond donors (Lipinski definition) is 2. The molecule has 0 atom stereocenters. The number of rotatable bonds is 3. The maximum absolute atomic E-state index is 6.14. The van der Waals surface area contributed by atoms with Gasteiger partial charge in [-0.2, -0.15) is 5.10 Å². The predicted molar refractivity (Wildman–Crippen MR) is 63.9 cm³/mol. The number of nitrogens with zero attached hydrogens (tertiary/aromatic N) is 1. The number of nitrogens with two attached hydrogens (primary N) is 1. The molecule has 3 rings (SSSR count). The first-order chi connectivity index (χ1) is 7.77. The fraction of sp³-hybridized carbons (Fsp3) is 0.308. The van der Waals surface area contributed by atoms with Crippen LogP contribution < -0.4 is 5.73 Å². The van der Waals surface area contributed by atoms with Gasteiger partial charge < -0.3 is 5.73 Å². The van der Waals surface area contributed by atoms with Crippen LogP contribution in [0, 0.1) is 0 Å². The van der Waals surface area contributed by atoms with Gasteiger partial charge >= 0.3 is 0 Å². The lowest BCUT2D eigenvalue weighted by Gasteiger charge is -2.08. The summed E-state index contributed by atoms with van der Waals surface area (Å²) in [5.74, 6) is 0. The fourth-order valence-corrected chi connectivity index (χ4v) is 2.02. The van der Waals surface area contributed by atoms with Crippen molar-refractivity contribution in [3.05, 3.63) is 42.1 Å². The van der Waals surface area contributed by atoms with Crippen molar-refractivity contribution in [2.75, 3.05) is 0 Å². The molecule has 1 saturated carbocycles. The molecule has 1 aliphatic carbocycles. The number of aromatic nitrogens is 2. The molecule has 0 aliphatic heterocycles. The SMILES string of the molecule is NC1(Cc2cn[nH]c2-c2ccccc2)CC1. The Balaban J connectivity index is 1.93. The van der Waals surface area contributed by atoms with Gasteiger partial charge in [0.1, 0.15) is 0 Å². The molecule has 82 valence electrons. The Kier molecular flexibility index (Phi) is 2.07. The molecule has 1 aliphatic rings. The molecule has 3 heteroatoms. The van der Waals surface area contributed by atoms with Crippen LogP contribution in [0.4, 0.5) is 0 Å². The number of nitrogens with one attached hydrogen (secondary N) is 1. The standard InChI is InChI=1S/C13H15N3/c14-13(6-7-13)8-11-9-15-16-12(11)10-4-2-1-3-5-10/h1-5,9H,6-8,14H2,(H,15,16). The predicted octanol–water partition coefficient (Wildman–Crippen LogP) is 2.11. The van der Waals surface area contributed by atoms with E-state index < -0.39 is 0 Å². The van der Waals surface area contributed by atoms with Crippen LogP contribution in [0.25, 0.3) is 11.3 Å². The quantitative estimate of drug-likeness (QED) is 0.820. The maximum Gasteiger partial charge on any atom is 0.0682 e. The molecule has 0 amide bonds. The molecule has 1 heterocycles. The van der Waals surface area contributed by atoms with E-state index in [1.54, 1.807) is 0 Å². The van der Waals surface area contributed by atoms with E-state index in [4.69, 9.17) is 5.73 Å². The van der Waals surface area contributed by atoms with Crippen LogP contribution in [0.2, 0.25) is 0 Å². The minimum absolute atomic E-state index is 0.0351. The summed E-state index contributed by atoms with van der Waals surface area (Å²) >= 11 is 0. The highest BCUT2D eigenvalue weighted by Crippen LogP contribution is 2.37. The third-order valence-corrected chi connectivity index (χ3v) is 3.22. The molecule has 0 bridgehead atoms. The Labute approximate surface area is 94.7 Å². The second kappa shape index (κ2) is 3.46. The lowest BCUT2D eigenvalue weighted by Crippen LogP contribution is -2.24. The summed E-state index contributed by atoms with van der Waals surface area (Å²) in [6.45, 7) is 0. The van der Waals surface area contributed by atoms with Crippen LogP contribution in [-0.4, -0.2) is 15.7 Å². The van der Waals surface area contributed by atoms with E-state index in [-0.39, 0.29) is 5.54 Å². The van der Waals surface area contributed by atoms with Crippen LogP contribution in [-0.2, 0) is 6.42 Å². The number of aromatic amines is 1. The Morgan fingerprint density at radius 3 is 2.69 bits per heavy atom. The minimum Gasteiger partial charge on any atom is -0.325 e. The van der Waals surface area contributed by atoms with E-state index in [0.29, 0.717) is 0 Å². The van der Waals surface area contributed by atoms with Crippen LogP contribution in [0.5, 0.6) is 0 Å². The van der Waals surface area contributed by atoms with Crippen molar-refractivity contribution in [3.8, 4) is 11.3 Å². The summed E-state index contributed by atoms with van der Waals surface area (Å²) in [5.41, 5.74) is 9.69. The molecular weight excluding hydrogens is 198 g/mol. The van der Waals surface area contributed by atoms with E-state index in [9.17, 15) is 0 Å².